The lowest BCUT2D eigenvalue weighted by Crippen LogP contribution is -2.39. The second kappa shape index (κ2) is 10.3. The molecule has 1 aromatic rings. The molecule has 0 radical (unpaired) electrons. The fourth-order valence-corrected chi connectivity index (χ4v) is 3.28. The van der Waals surface area contributed by atoms with Crippen molar-refractivity contribution < 1.29 is 8.42 Å². The van der Waals surface area contributed by atoms with E-state index < -0.39 is 10.0 Å². The van der Waals surface area contributed by atoms with Crippen LogP contribution in [0, 0.1) is 5.92 Å². The maximum Gasteiger partial charge on any atom is 0.240 e. The van der Waals surface area contributed by atoms with Crippen molar-refractivity contribution in [2.45, 2.75) is 51.0 Å². The van der Waals surface area contributed by atoms with Gasteiger partial charge in [0, 0.05) is 12.6 Å². The summed E-state index contributed by atoms with van der Waals surface area (Å²) in [5, 5.41) is 3.13. The summed E-state index contributed by atoms with van der Waals surface area (Å²) in [7, 11) is -3.48. The van der Waals surface area contributed by atoms with Crippen molar-refractivity contribution in [3.8, 4) is 0 Å². The average molecular weight is 355 g/mol. The molecule has 6 nitrogen and oxygen atoms in total. The molecule has 1 unspecified atom stereocenters. The second-order valence-corrected chi connectivity index (χ2v) is 8.11. The topological polar surface area (TPSA) is 96.6 Å². The fraction of sp³-hybridized carbons (Fsp3) is 0.588. The molecule has 0 amide bonds. The van der Waals surface area contributed by atoms with Gasteiger partial charge in [-0.25, -0.2) is 13.1 Å². The molecule has 0 aromatic heterocycles. The van der Waals surface area contributed by atoms with E-state index in [9.17, 15) is 8.42 Å². The molecule has 24 heavy (non-hydrogen) atoms. The van der Waals surface area contributed by atoms with Crippen LogP contribution in [0.3, 0.4) is 0 Å². The minimum Gasteiger partial charge on any atom is -0.370 e. The highest BCUT2D eigenvalue weighted by Gasteiger charge is 2.11. The lowest BCUT2D eigenvalue weighted by Gasteiger charge is -2.15. The van der Waals surface area contributed by atoms with Crippen LogP contribution in [-0.2, 0) is 10.0 Å². The highest BCUT2D eigenvalue weighted by atomic mass is 32.2. The summed E-state index contributed by atoms with van der Waals surface area (Å²) in [5.74, 6) is 1.06. The van der Waals surface area contributed by atoms with Gasteiger partial charge in [0.15, 0.2) is 5.96 Å². The van der Waals surface area contributed by atoms with Crippen LogP contribution in [-0.4, -0.2) is 33.5 Å². The van der Waals surface area contributed by atoms with Gasteiger partial charge in [0.2, 0.25) is 10.0 Å². The highest BCUT2D eigenvalue weighted by Crippen LogP contribution is 2.08. The summed E-state index contributed by atoms with van der Waals surface area (Å²) >= 11 is 0. The molecular formula is C17H30N4O2S. The van der Waals surface area contributed by atoms with Gasteiger partial charge in [-0.15, -0.1) is 0 Å². The smallest absolute Gasteiger partial charge is 0.240 e. The molecule has 0 saturated carbocycles. The summed E-state index contributed by atoms with van der Waals surface area (Å²) in [6.45, 7) is 7.00. The van der Waals surface area contributed by atoms with Gasteiger partial charge in [-0.2, -0.15) is 0 Å². The van der Waals surface area contributed by atoms with Gasteiger partial charge in [0.05, 0.1) is 11.4 Å². The van der Waals surface area contributed by atoms with Crippen LogP contribution in [0.4, 0.5) is 0 Å². The first-order chi connectivity index (χ1) is 11.3. The average Bonchev–Trinajstić information content (AvgIpc) is 2.52. The Kier molecular flexibility index (Phi) is 8.78. The van der Waals surface area contributed by atoms with Gasteiger partial charge >= 0.3 is 0 Å². The largest absolute Gasteiger partial charge is 0.370 e. The molecule has 0 spiro atoms. The fourth-order valence-electron chi connectivity index (χ4n) is 2.24. The van der Waals surface area contributed by atoms with Crippen molar-refractivity contribution in [1.82, 2.24) is 10.0 Å². The number of guanidine groups is 1. The molecule has 1 rings (SSSR count). The lowest BCUT2D eigenvalue weighted by molar-refractivity contribution is 0.493. The lowest BCUT2D eigenvalue weighted by atomic mass is 10.0. The van der Waals surface area contributed by atoms with Crippen LogP contribution in [0.2, 0.25) is 0 Å². The Morgan fingerprint density at radius 2 is 1.83 bits per heavy atom. The highest BCUT2D eigenvalue weighted by molar-refractivity contribution is 7.89. The molecule has 136 valence electrons. The molecule has 4 N–H and O–H groups in total. The SMILES string of the molecule is CC(C)CCCC(C)NC(N)=NCCNS(=O)(=O)c1ccccc1. The molecular weight excluding hydrogens is 324 g/mol. The molecule has 7 heteroatoms. The molecule has 0 aliphatic carbocycles. The summed E-state index contributed by atoms with van der Waals surface area (Å²) < 4.78 is 26.6. The van der Waals surface area contributed by atoms with Crippen molar-refractivity contribution in [2.24, 2.45) is 16.6 Å². The van der Waals surface area contributed by atoms with E-state index in [4.69, 9.17) is 5.73 Å². The zero-order valence-electron chi connectivity index (χ0n) is 14.8. The van der Waals surface area contributed by atoms with Crippen molar-refractivity contribution in [1.29, 1.82) is 0 Å². The third-order valence-electron chi connectivity index (χ3n) is 3.55. The molecule has 0 bridgehead atoms. The number of nitrogens with zero attached hydrogens (tertiary/aromatic N) is 1. The first kappa shape index (κ1) is 20.4. The van der Waals surface area contributed by atoms with Crippen LogP contribution in [0.1, 0.15) is 40.0 Å². The quantitative estimate of drug-likeness (QED) is 0.340. The van der Waals surface area contributed by atoms with Gasteiger partial charge in [-0.1, -0.05) is 44.9 Å². The Balaban J connectivity index is 2.31. The number of hydrogen-bond acceptors (Lipinski definition) is 3. The third kappa shape index (κ3) is 8.31. The number of sulfonamides is 1. The van der Waals surface area contributed by atoms with E-state index in [1.165, 1.54) is 6.42 Å². The number of aliphatic imine (C=N–C) groups is 1. The Labute approximate surface area is 146 Å². The number of benzene rings is 1. The summed E-state index contributed by atoms with van der Waals surface area (Å²) in [6, 6.07) is 8.53. The Hall–Kier alpha value is -1.60. The monoisotopic (exact) mass is 354 g/mol. The Morgan fingerprint density at radius 3 is 2.46 bits per heavy atom. The van der Waals surface area contributed by atoms with Gasteiger partial charge in [0.1, 0.15) is 0 Å². The second-order valence-electron chi connectivity index (χ2n) is 6.35. The predicted octanol–water partition coefficient (Wildman–Crippen LogP) is 2.08. The Bertz CT molecular complexity index is 600. The van der Waals surface area contributed by atoms with E-state index in [2.05, 4.69) is 35.8 Å². The van der Waals surface area contributed by atoms with Crippen molar-refractivity contribution in [3.63, 3.8) is 0 Å². The van der Waals surface area contributed by atoms with E-state index >= 15 is 0 Å². The van der Waals surface area contributed by atoms with Crippen molar-refractivity contribution >= 4 is 16.0 Å². The summed E-state index contributed by atoms with van der Waals surface area (Å²) in [4.78, 5) is 4.41. The van der Waals surface area contributed by atoms with E-state index in [0.29, 0.717) is 18.4 Å². The molecule has 0 aliphatic rings. The molecule has 0 heterocycles. The number of nitrogens with two attached hydrogens (primary N) is 1. The molecule has 0 saturated heterocycles. The number of rotatable bonds is 10. The first-order valence-electron chi connectivity index (χ1n) is 8.42. The van der Waals surface area contributed by atoms with Gasteiger partial charge in [0.25, 0.3) is 0 Å². The summed E-state index contributed by atoms with van der Waals surface area (Å²) in [6.07, 6.45) is 3.38. The van der Waals surface area contributed by atoms with Crippen LogP contribution < -0.4 is 15.8 Å². The van der Waals surface area contributed by atoms with E-state index in [1.54, 1.807) is 30.3 Å². The Morgan fingerprint density at radius 1 is 1.17 bits per heavy atom. The minimum atomic E-state index is -3.48. The number of hydrogen-bond donors (Lipinski definition) is 3. The maximum atomic E-state index is 12.0. The molecule has 0 fully saturated rings. The molecule has 1 aromatic carbocycles. The minimum absolute atomic E-state index is 0.210. The van der Waals surface area contributed by atoms with Crippen molar-refractivity contribution in [2.75, 3.05) is 13.1 Å². The molecule has 1 atom stereocenters. The van der Waals surface area contributed by atoms with Crippen LogP contribution in [0.25, 0.3) is 0 Å². The third-order valence-corrected chi connectivity index (χ3v) is 5.03. The maximum absolute atomic E-state index is 12.0. The predicted molar refractivity (Wildman–Crippen MR) is 99.4 cm³/mol. The van der Waals surface area contributed by atoms with Crippen LogP contribution >= 0.6 is 0 Å². The van der Waals surface area contributed by atoms with Gasteiger partial charge < -0.3 is 11.1 Å². The van der Waals surface area contributed by atoms with E-state index in [1.807, 2.05) is 0 Å². The zero-order valence-corrected chi connectivity index (χ0v) is 15.6. The normalized spacial score (nSPS) is 13.9. The van der Waals surface area contributed by atoms with E-state index in [-0.39, 0.29) is 17.5 Å². The number of nitrogens with one attached hydrogen (secondary N) is 2. The zero-order chi connectivity index (χ0) is 18.0. The summed E-state index contributed by atoms with van der Waals surface area (Å²) in [5.41, 5.74) is 5.83. The van der Waals surface area contributed by atoms with Gasteiger partial charge in [-0.05, 0) is 31.4 Å². The molecule has 0 aliphatic heterocycles. The van der Waals surface area contributed by atoms with E-state index in [0.717, 1.165) is 12.8 Å². The van der Waals surface area contributed by atoms with Gasteiger partial charge in [-0.3, -0.25) is 4.99 Å². The van der Waals surface area contributed by atoms with Crippen molar-refractivity contribution in [3.05, 3.63) is 30.3 Å². The standard InChI is InChI=1S/C17H30N4O2S/c1-14(2)8-7-9-15(3)21-17(18)19-12-13-20-24(22,23)16-10-5-4-6-11-16/h4-6,10-11,14-15,20H,7-9,12-13H2,1-3H3,(H3,18,19,21). The van der Waals surface area contributed by atoms with Crippen LogP contribution in [0.15, 0.2) is 40.2 Å². The first-order valence-corrected chi connectivity index (χ1v) is 9.90. The van der Waals surface area contributed by atoms with Crippen LogP contribution in [0.5, 0.6) is 0 Å².